The van der Waals surface area contributed by atoms with Crippen LogP contribution >= 0.6 is 0 Å². The molecule has 7 rings (SSSR count). The monoisotopic (exact) mass is 969 g/mol. The number of rotatable bonds is 14. The van der Waals surface area contributed by atoms with E-state index >= 15 is 9.59 Å². The number of ketones is 1. The fourth-order valence-electron chi connectivity index (χ4n) is 10.7. The van der Waals surface area contributed by atoms with Crippen molar-refractivity contribution < 1.29 is 82.0 Å². The van der Waals surface area contributed by atoms with E-state index in [4.69, 9.17) is 33.2 Å². The molecule has 0 spiro atoms. The smallest absolute Gasteiger partial charge is 0.350 e. The van der Waals surface area contributed by atoms with Crippen molar-refractivity contribution in [3.63, 3.8) is 0 Å². The van der Waals surface area contributed by atoms with Gasteiger partial charge in [-0.05, 0) is 68.7 Å². The minimum absolute atomic E-state index is 0.0328. The van der Waals surface area contributed by atoms with Gasteiger partial charge in [-0.25, -0.2) is 19.2 Å². The lowest BCUT2D eigenvalue weighted by Crippen LogP contribution is -2.81. The molecule has 13 atom stereocenters. The number of fused-ring (bicyclic) bond motifs is 5. The number of carbonyl (C=O) groups is 7. The molecule has 1 aliphatic heterocycles. The maximum atomic E-state index is 15.6. The van der Waals surface area contributed by atoms with E-state index in [9.17, 15) is 39.3 Å². The highest BCUT2D eigenvalue weighted by atomic mass is 16.6. The second-order valence-corrected chi connectivity index (χ2v) is 19.1. The summed E-state index contributed by atoms with van der Waals surface area (Å²) in [6.45, 7) is 9.29. The van der Waals surface area contributed by atoms with E-state index in [1.54, 1.807) is 80.6 Å². The summed E-state index contributed by atoms with van der Waals surface area (Å²) in [4.78, 5) is 98.5. The summed E-state index contributed by atoms with van der Waals surface area (Å²) in [5, 5.41) is 38.6. The summed E-state index contributed by atoms with van der Waals surface area (Å²) < 4.78 is 41.8. The lowest BCUT2D eigenvalue weighted by molar-refractivity contribution is -0.350. The van der Waals surface area contributed by atoms with Crippen LogP contribution in [0.3, 0.4) is 0 Å². The first-order valence-electron chi connectivity index (χ1n) is 23.0. The third-order valence-electron chi connectivity index (χ3n) is 14.7. The lowest BCUT2D eigenvalue weighted by atomic mass is 9.44. The molecule has 70 heavy (non-hydrogen) atoms. The summed E-state index contributed by atoms with van der Waals surface area (Å²) in [7, 11) is 1.37. The molecular formula is C52H59NO17. The van der Waals surface area contributed by atoms with Gasteiger partial charge in [-0.15, -0.1) is 0 Å². The van der Waals surface area contributed by atoms with Crippen molar-refractivity contribution in [3.05, 3.63) is 119 Å². The Morgan fingerprint density at radius 3 is 1.93 bits per heavy atom. The van der Waals surface area contributed by atoms with Crippen LogP contribution in [-0.4, -0.2) is 131 Å². The van der Waals surface area contributed by atoms with E-state index < -0.39 is 131 Å². The number of aliphatic hydroxyl groups excluding tert-OH is 2. The van der Waals surface area contributed by atoms with Crippen molar-refractivity contribution in [1.82, 2.24) is 5.32 Å². The first-order valence-corrected chi connectivity index (χ1v) is 23.0. The van der Waals surface area contributed by atoms with Gasteiger partial charge in [0.2, 0.25) is 6.10 Å². The Morgan fingerprint density at radius 1 is 0.800 bits per heavy atom. The van der Waals surface area contributed by atoms with Gasteiger partial charge in [0.1, 0.15) is 35.6 Å². The number of ether oxygens (including phenoxy) is 7. The van der Waals surface area contributed by atoms with E-state index in [2.05, 4.69) is 5.32 Å². The highest BCUT2D eigenvalue weighted by molar-refractivity contribution is 5.96. The van der Waals surface area contributed by atoms with Crippen LogP contribution in [0.2, 0.25) is 0 Å². The van der Waals surface area contributed by atoms with Gasteiger partial charge in [0.15, 0.2) is 18.0 Å². The summed E-state index contributed by atoms with van der Waals surface area (Å²) in [6, 6.07) is 22.3. The molecule has 3 aromatic carbocycles. The molecular weight excluding hydrogens is 911 g/mol. The molecule has 18 heteroatoms. The lowest BCUT2D eigenvalue weighted by Gasteiger charge is -2.67. The fraction of sp³-hybridized carbons (Fsp3) is 0.481. The molecule has 2 saturated carbocycles. The number of methoxy groups -OCH3 is 1. The van der Waals surface area contributed by atoms with Crippen molar-refractivity contribution in [3.8, 4) is 0 Å². The van der Waals surface area contributed by atoms with Gasteiger partial charge in [0.25, 0.3) is 5.91 Å². The van der Waals surface area contributed by atoms with Gasteiger partial charge in [0, 0.05) is 43.8 Å². The standard InChI is InChI=1S/C52H59NO17/c1-27-34(68-48(62)40(69-46(60)29(3)66-45(59)28(2)54)38(31-18-12-9-13-19-31)53-44(58)32-20-14-10-15-21-32)25-52(63)43(70-47(61)33-22-16-11-17-23-33)41-50(7,35(56)24-36-51(41,64-8)26-65-36)42(57)39(67-30(4)55)37(27)49(52,5)6/h9-23,28-29,34-36,38-41,43,54,56,63H,24-26H2,1-8H3,(H,53,58)/t28?,29?,34-,35-,36+,38?,39+,40+,41?,43-,50+,51-,52+/m0/s1. The molecule has 1 amide bonds. The SMILES string of the molecule is CO[C@@]12CO[C@@H]1C[C@H](O)[C@@]1(C)C(=O)[C@H](OC(C)=O)C3=C(C)[C@@H](OC(=O)[C@H](OC(=O)C(C)OC(=O)C(C)O)C(NC(=O)c4ccccc4)c4ccccc4)C[C@@](O)([C@@H](OC(=O)c4ccccc4)C12)C3(C)C. The molecule has 4 aliphatic rings. The molecule has 2 bridgehead atoms. The molecule has 1 heterocycles. The Kier molecular flexibility index (Phi) is 14.6. The van der Waals surface area contributed by atoms with Crippen LogP contribution in [0, 0.1) is 16.7 Å². The van der Waals surface area contributed by atoms with Crippen LogP contribution < -0.4 is 5.32 Å². The van der Waals surface area contributed by atoms with Gasteiger partial charge in [-0.2, -0.15) is 0 Å². The third-order valence-corrected chi connectivity index (χ3v) is 14.7. The highest BCUT2D eigenvalue weighted by Gasteiger charge is 2.77. The normalized spacial score (nSPS) is 30.4. The van der Waals surface area contributed by atoms with Gasteiger partial charge >= 0.3 is 29.8 Å². The summed E-state index contributed by atoms with van der Waals surface area (Å²) in [6.07, 6.45) is -13.7. The first-order chi connectivity index (χ1) is 33.0. The number of nitrogens with one attached hydrogen (secondary N) is 1. The molecule has 3 fully saturated rings. The van der Waals surface area contributed by atoms with E-state index in [0.29, 0.717) is 0 Å². The summed E-state index contributed by atoms with van der Waals surface area (Å²) in [5.41, 5.74) is -6.96. The second kappa shape index (κ2) is 19.8. The predicted octanol–water partition coefficient (Wildman–Crippen LogP) is 3.68. The molecule has 3 aromatic rings. The number of aliphatic hydroxyl groups is 3. The van der Waals surface area contributed by atoms with Crippen LogP contribution in [0.4, 0.5) is 0 Å². The molecule has 374 valence electrons. The number of hydrogen-bond acceptors (Lipinski definition) is 17. The Balaban J connectivity index is 1.41. The van der Waals surface area contributed by atoms with Crippen LogP contribution in [-0.2, 0) is 57.1 Å². The molecule has 1 saturated heterocycles. The average molecular weight is 970 g/mol. The van der Waals surface area contributed by atoms with Crippen molar-refractivity contribution >= 4 is 41.5 Å². The Labute approximate surface area is 404 Å². The van der Waals surface area contributed by atoms with E-state index in [0.717, 1.165) is 20.8 Å². The number of hydrogen-bond donors (Lipinski definition) is 4. The maximum absolute atomic E-state index is 15.6. The van der Waals surface area contributed by atoms with Gasteiger partial charge in [-0.1, -0.05) is 80.6 Å². The van der Waals surface area contributed by atoms with Crippen molar-refractivity contribution in [2.24, 2.45) is 16.7 Å². The van der Waals surface area contributed by atoms with Gasteiger partial charge in [0.05, 0.1) is 29.8 Å². The number of carbonyl (C=O) groups excluding carboxylic acids is 7. The van der Waals surface area contributed by atoms with Crippen LogP contribution in [0.1, 0.15) is 93.6 Å². The fourth-order valence-corrected chi connectivity index (χ4v) is 10.7. The molecule has 18 nitrogen and oxygen atoms in total. The highest BCUT2D eigenvalue weighted by Crippen LogP contribution is 2.64. The summed E-state index contributed by atoms with van der Waals surface area (Å²) >= 11 is 0. The van der Waals surface area contributed by atoms with Crippen LogP contribution in [0.15, 0.2) is 102 Å². The van der Waals surface area contributed by atoms with E-state index in [1.165, 1.54) is 45.2 Å². The maximum Gasteiger partial charge on any atom is 0.350 e. The van der Waals surface area contributed by atoms with Crippen LogP contribution in [0.5, 0.6) is 0 Å². The van der Waals surface area contributed by atoms with E-state index in [1.807, 2.05) is 0 Å². The Bertz CT molecular complexity index is 2530. The van der Waals surface area contributed by atoms with E-state index in [-0.39, 0.29) is 40.9 Å². The quantitative estimate of drug-likeness (QED) is 0.102. The topological polar surface area (TPSA) is 257 Å². The molecule has 0 aromatic heterocycles. The zero-order chi connectivity index (χ0) is 51.1. The van der Waals surface area contributed by atoms with Gasteiger partial charge < -0.3 is 53.8 Å². The Morgan fingerprint density at radius 2 is 1.39 bits per heavy atom. The number of esters is 5. The molecule has 4 N–H and O–H groups in total. The Hall–Kier alpha value is -6.31. The average Bonchev–Trinajstić information content (AvgIpc) is 3.33. The number of Topliss-reactive ketones (excluding diaryl/α,β-unsaturated/α-hetero) is 1. The van der Waals surface area contributed by atoms with Gasteiger partial charge in [-0.3, -0.25) is 14.4 Å². The zero-order valence-corrected chi connectivity index (χ0v) is 40.1. The largest absolute Gasteiger partial charge is 0.455 e. The number of amides is 1. The third kappa shape index (κ3) is 9.02. The first kappa shape index (κ1) is 51.5. The van der Waals surface area contributed by atoms with Crippen LogP contribution in [0.25, 0.3) is 0 Å². The van der Waals surface area contributed by atoms with Crippen molar-refractivity contribution in [2.45, 2.75) is 127 Å². The molecule has 4 unspecified atom stereocenters. The molecule has 3 aliphatic carbocycles. The second-order valence-electron chi connectivity index (χ2n) is 19.1. The van der Waals surface area contributed by atoms with Crippen molar-refractivity contribution in [1.29, 1.82) is 0 Å². The summed E-state index contributed by atoms with van der Waals surface area (Å²) in [5.74, 6) is -8.50. The number of benzene rings is 3. The minimum atomic E-state index is -2.40. The van der Waals surface area contributed by atoms with Crippen molar-refractivity contribution in [2.75, 3.05) is 13.7 Å². The predicted molar refractivity (Wildman–Crippen MR) is 244 cm³/mol. The molecule has 0 radical (unpaired) electrons. The zero-order valence-electron chi connectivity index (χ0n) is 40.1. The minimum Gasteiger partial charge on any atom is -0.455 e.